The molecule has 0 N–H and O–H groups in total. The molecule has 5 nitrogen and oxygen atoms in total. The number of carbonyl (C=O) groups is 3. The predicted octanol–water partition coefficient (Wildman–Crippen LogP) is 3.08. The third-order valence-electron chi connectivity index (χ3n) is 3.05. The normalized spacial score (nSPS) is 10.0. The first-order valence-electron chi connectivity index (χ1n) is 6.99. The molecule has 0 heterocycles. The van der Waals surface area contributed by atoms with Gasteiger partial charge in [0.25, 0.3) is 0 Å². The highest BCUT2D eigenvalue weighted by Crippen LogP contribution is 2.22. The van der Waals surface area contributed by atoms with E-state index in [4.69, 9.17) is 9.47 Å². The van der Waals surface area contributed by atoms with Gasteiger partial charge in [-0.2, -0.15) is 0 Å². The van der Waals surface area contributed by atoms with Gasteiger partial charge >= 0.3 is 11.9 Å². The molecule has 0 saturated carbocycles. The van der Waals surface area contributed by atoms with Gasteiger partial charge < -0.3 is 9.47 Å². The molecule has 0 radical (unpaired) electrons. The molecule has 2 aromatic carbocycles. The summed E-state index contributed by atoms with van der Waals surface area (Å²) >= 11 is 0. The van der Waals surface area contributed by atoms with Crippen molar-refractivity contribution in [2.45, 2.75) is 20.8 Å². The van der Waals surface area contributed by atoms with Gasteiger partial charge in [-0.15, -0.1) is 0 Å². The van der Waals surface area contributed by atoms with Crippen LogP contribution in [0.1, 0.15) is 35.3 Å². The third kappa shape index (κ3) is 4.26. The highest BCUT2D eigenvalue weighted by molar-refractivity contribution is 6.09. The Balaban J connectivity index is 2.28. The van der Waals surface area contributed by atoms with Crippen molar-refractivity contribution in [1.29, 1.82) is 0 Å². The fourth-order valence-corrected chi connectivity index (χ4v) is 2.09. The van der Waals surface area contributed by atoms with Crippen molar-refractivity contribution >= 4 is 17.7 Å². The first-order chi connectivity index (χ1) is 10.9. The van der Waals surface area contributed by atoms with Gasteiger partial charge in [-0.1, -0.05) is 12.1 Å². The molecule has 0 bridgehead atoms. The highest BCUT2D eigenvalue weighted by atomic mass is 16.5. The number of rotatable bonds is 4. The van der Waals surface area contributed by atoms with Crippen LogP contribution >= 0.6 is 0 Å². The quantitative estimate of drug-likeness (QED) is 0.493. The van der Waals surface area contributed by atoms with Crippen LogP contribution in [-0.4, -0.2) is 17.7 Å². The number of aryl methyl sites for hydroxylation is 1. The van der Waals surface area contributed by atoms with Gasteiger partial charge in [-0.3, -0.25) is 14.4 Å². The second kappa shape index (κ2) is 6.87. The topological polar surface area (TPSA) is 69.7 Å². The summed E-state index contributed by atoms with van der Waals surface area (Å²) in [5.74, 6) is -0.340. The summed E-state index contributed by atoms with van der Waals surface area (Å²) in [5.41, 5.74) is 1.55. The van der Waals surface area contributed by atoms with Crippen molar-refractivity contribution in [3.05, 3.63) is 59.2 Å². The smallest absolute Gasteiger partial charge is 0.308 e. The number of carbonyl (C=O) groups excluding carboxylic acids is 3. The Labute approximate surface area is 133 Å². The third-order valence-corrected chi connectivity index (χ3v) is 3.05. The van der Waals surface area contributed by atoms with E-state index in [0.717, 1.165) is 0 Å². The van der Waals surface area contributed by atoms with E-state index in [1.165, 1.54) is 19.9 Å². The Morgan fingerprint density at radius 2 is 1.48 bits per heavy atom. The molecule has 0 atom stereocenters. The lowest BCUT2D eigenvalue weighted by atomic mass is 10.0. The van der Waals surface area contributed by atoms with Crippen molar-refractivity contribution in [1.82, 2.24) is 0 Å². The minimum absolute atomic E-state index is 0.212. The van der Waals surface area contributed by atoms with Crippen molar-refractivity contribution < 1.29 is 23.9 Å². The van der Waals surface area contributed by atoms with E-state index in [-0.39, 0.29) is 5.78 Å². The fourth-order valence-electron chi connectivity index (χ4n) is 2.09. The van der Waals surface area contributed by atoms with Gasteiger partial charge in [-0.25, -0.2) is 0 Å². The van der Waals surface area contributed by atoms with E-state index < -0.39 is 11.9 Å². The number of ether oxygens (including phenoxy) is 2. The second-order valence-corrected chi connectivity index (χ2v) is 5.02. The van der Waals surface area contributed by atoms with Crippen LogP contribution < -0.4 is 9.47 Å². The Hall–Kier alpha value is -2.95. The molecule has 0 unspecified atom stereocenters. The number of esters is 2. The predicted molar refractivity (Wildman–Crippen MR) is 83.7 cm³/mol. The highest BCUT2D eigenvalue weighted by Gasteiger charge is 2.13. The minimum Gasteiger partial charge on any atom is -0.427 e. The first kappa shape index (κ1) is 16.4. The van der Waals surface area contributed by atoms with E-state index in [1.807, 2.05) is 0 Å². The average Bonchev–Trinajstić information content (AvgIpc) is 2.48. The summed E-state index contributed by atoms with van der Waals surface area (Å²) in [6.07, 6.45) is 0. The van der Waals surface area contributed by atoms with Crippen molar-refractivity contribution in [3.8, 4) is 11.5 Å². The van der Waals surface area contributed by atoms with Crippen LogP contribution in [0.25, 0.3) is 0 Å². The van der Waals surface area contributed by atoms with Gasteiger partial charge in [0.05, 0.1) is 0 Å². The summed E-state index contributed by atoms with van der Waals surface area (Å²) < 4.78 is 10.0. The molecule has 0 aliphatic rings. The SMILES string of the molecule is CC(=O)Oc1cccc(C(=O)c2ccc(OC(C)=O)c(C)c2)c1. The van der Waals surface area contributed by atoms with Crippen molar-refractivity contribution in [2.24, 2.45) is 0 Å². The molecule has 2 aromatic rings. The Kier molecular flexibility index (Phi) is 4.91. The zero-order chi connectivity index (χ0) is 17.0. The molecule has 118 valence electrons. The number of benzene rings is 2. The number of ketones is 1. The van der Waals surface area contributed by atoms with Gasteiger partial charge in [0.15, 0.2) is 5.78 Å². The standard InChI is InChI=1S/C18H16O5/c1-11-9-15(7-8-17(11)23-13(3)20)18(21)14-5-4-6-16(10-14)22-12(2)19/h4-10H,1-3H3. The molecule has 0 saturated heterocycles. The zero-order valence-electron chi connectivity index (χ0n) is 13.1. The molecule has 0 aromatic heterocycles. The molecular weight excluding hydrogens is 296 g/mol. The number of hydrogen-bond acceptors (Lipinski definition) is 5. The maximum Gasteiger partial charge on any atom is 0.308 e. The Bertz CT molecular complexity index is 777. The first-order valence-corrected chi connectivity index (χ1v) is 6.99. The van der Waals surface area contributed by atoms with Crippen LogP contribution in [0.5, 0.6) is 11.5 Å². The van der Waals surface area contributed by atoms with Crippen LogP contribution in [0.4, 0.5) is 0 Å². The largest absolute Gasteiger partial charge is 0.427 e. The van der Waals surface area contributed by atoms with Crippen LogP contribution in [0, 0.1) is 6.92 Å². The summed E-state index contributed by atoms with van der Waals surface area (Å²) in [5, 5.41) is 0. The summed E-state index contributed by atoms with van der Waals surface area (Å²) in [6.45, 7) is 4.37. The maximum absolute atomic E-state index is 12.5. The fraction of sp³-hybridized carbons (Fsp3) is 0.167. The summed E-state index contributed by atoms with van der Waals surface area (Å²) in [6, 6.07) is 11.2. The van der Waals surface area contributed by atoms with E-state index >= 15 is 0 Å². The molecule has 0 fully saturated rings. The molecule has 0 aliphatic heterocycles. The van der Waals surface area contributed by atoms with Crippen molar-refractivity contribution in [2.75, 3.05) is 0 Å². The molecule has 2 rings (SSSR count). The molecule has 5 heteroatoms. The van der Waals surface area contributed by atoms with Gasteiger partial charge in [0.2, 0.25) is 0 Å². The van der Waals surface area contributed by atoms with Crippen LogP contribution in [0.2, 0.25) is 0 Å². The Morgan fingerprint density at radius 1 is 0.826 bits per heavy atom. The lowest BCUT2D eigenvalue weighted by Crippen LogP contribution is -2.06. The van der Waals surface area contributed by atoms with E-state index in [1.54, 1.807) is 43.3 Å². The summed E-state index contributed by atoms with van der Waals surface area (Å²) in [4.78, 5) is 34.5. The van der Waals surface area contributed by atoms with Crippen molar-refractivity contribution in [3.63, 3.8) is 0 Å². The molecule has 0 aliphatic carbocycles. The van der Waals surface area contributed by atoms with E-state index in [2.05, 4.69) is 0 Å². The molecule has 0 amide bonds. The maximum atomic E-state index is 12.5. The van der Waals surface area contributed by atoms with E-state index in [9.17, 15) is 14.4 Å². The lowest BCUT2D eigenvalue weighted by Gasteiger charge is -2.08. The van der Waals surface area contributed by atoms with Crippen LogP contribution in [0.15, 0.2) is 42.5 Å². The number of hydrogen-bond donors (Lipinski definition) is 0. The van der Waals surface area contributed by atoms with Crippen LogP contribution in [-0.2, 0) is 9.59 Å². The second-order valence-electron chi connectivity index (χ2n) is 5.02. The summed E-state index contributed by atoms with van der Waals surface area (Å²) in [7, 11) is 0. The van der Waals surface area contributed by atoms with Gasteiger partial charge in [0.1, 0.15) is 11.5 Å². The lowest BCUT2D eigenvalue weighted by molar-refractivity contribution is -0.132. The monoisotopic (exact) mass is 312 g/mol. The van der Waals surface area contributed by atoms with Crippen LogP contribution in [0.3, 0.4) is 0 Å². The zero-order valence-corrected chi connectivity index (χ0v) is 13.1. The minimum atomic E-state index is -0.448. The average molecular weight is 312 g/mol. The molecule has 0 spiro atoms. The van der Waals surface area contributed by atoms with E-state index in [0.29, 0.717) is 28.2 Å². The Morgan fingerprint density at radius 3 is 2.09 bits per heavy atom. The van der Waals surface area contributed by atoms with Gasteiger partial charge in [-0.05, 0) is 42.8 Å². The molecular formula is C18H16O5. The van der Waals surface area contributed by atoms with Gasteiger partial charge in [0, 0.05) is 25.0 Å². The molecule has 23 heavy (non-hydrogen) atoms.